The summed E-state index contributed by atoms with van der Waals surface area (Å²) in [7, 11) is 0. The molecular formula is C18H16N2OS2. The largest absolute Gasteiger partial charge is 0.323 e. The number of thioether (sulfide) groups is 2. The molecule has 0 atom stereocenters. The Morgan fingerprint density at radius 2 is 1.96 bits per heavy atom. The van der Waals surface area contributed by atoms with Crippen LogP contribution in [0.3, 0.4) is 0 Å². The van der Waals surface area contributed by atoms with Gasteiger partial charge in [0.1, 0.15) is 0 Å². The maximum absolute atomic E-state index is 11.5. The molecule has 0 saturated carbocycles. The minimum absolute atomic E-state index is 0.0206. The minimum atomic E-state index is -0.0206. The van der Waals surface area contributed by atoms with Gasteiger partial charge in [-0.25, -0.2) is 0 Å². The lowest BCUT2D eigenvalue weighted by Gasteiger charge is -2.30. The predicted molar refractivity (Wildman–Crippen MR) is 101 cm³/mol. The Labute approximate surface area is 143 Å². The molecule has 2 aliphatic rings. The fourth-order valence-corrected chi connectivity index (χ4v) is 4.64. The molecule has 0 N–H and O–H groups in total. The Hall–Kier alpha value is -1.72. The van der Waals surface area contributed by atoms with Gasteiger partial charge < -0.3 is 4.90 Å². The number of hydrogen-bond acceptors (Lipinski definition) is 4. The first kappa shape index (κ1) is 14.8. The molecule has 2 heterocycles. The van der Waals surface area contributed by atoms with Crippen LogP contribution in [0.15, 0.2) is 53.2 Å². The van der Waals surface area contributed by atoms with Crippen LogP contribution in [0, 0.1) is 0 Å². The zero-order valence-electron chi connectivity index (χ0n) is 12.6. The quantitative estimate of drug-likeness (QED) is 0.789. The third kappa shape index (κ3) is 3.03. The number of carbonyl (C=O) groups excluding carboxylic acids is 1. The number of amides is 1. The smallest absolute Gasteiger partial charge is 0.258 e. The Morgan fingerprint density at radius 1 is 1.09 bits per heavy atom. The average Bonchev–Trinajstić information content (AvgIpc) is 3.02. The van der Waals surface area contributed by atoms with E-state index in [4.69, 9.17) is 0 Å². The van der Waals surface area contributed by atoms with Gasteiger partial charge in [-0.15, -0.1) is 0 Å². The fraction of sp³-hybridized carbons (Fsp3) is 0.222. The molecule has 2 aromatic rings. The Balaban J connectivity index is 1.75. The Kier molecular flexibility index (Phi) is 4.14. The molecule has 0 radical (unpaired) electrons. The number of fused-ring (bicyclic) bond motifs is 1. The molecule has 0 aliphatic carbocycles. The van der Waals surface area contributed by atoms with E-state index in [1.807, 2.05) is 11.8 Å². The molecule has 1 saturated heterocycles. The maximum Gasteiger partial charge on any atom is 0.258 e. The van der Waals surface area contributed by atoms with Crippen molar-refractivity contribution in [3.63, 3.8) is 0 Å². The van der Waals surface area contributed by atoms with Crippen molar-refractivity contribution in [2.75, 3.05) is 23.8 Å². The highest BCUT2D eigenvalue weighted by Crippen LogP contribution is 2.29. The van der Waals surface area contributed by atoms with Gasteiger partial charge in [0.2, 0.25) is 0 Å². The van der Waals surface area contributed by atoms with E-state index in [0.29, 0.717) is 5.75 Å². The molecule has 4 rings (SSSR count). The second-order valence-corrected chi connectivity index (χ2v) is 7.53. The second kappa shape index (κ2) is 6.42. The van der Waals surface area contributed by atoms with E-state index in [2.05, 4.69) is 58.4 Å². The summed E-state index contributed by atoms with van der Waals surface area (Å²) in [5.41, 5.74) is 2.46. The van der Waals surface area contributed by atoms with Crippen molar-refractivity contribution in [2.24, 2.45) is 4.99 Å². The maximum atomic E-state index is 11.5. The summed E-state index contributed by atoms with van der Waals surface area (Å²) in [5.74, 6) is 2.48. The fourth-order valence-electron chi connectivity index (χ4n) is 2.88. The van der Waals surface area contributed by atoms with Crippen LogP contribution in [0.4, 0.5) is 0 Å². The van der Waals surface area contributed by atoms with Crippen molar-refractivity contribution in [3.05, 3.63) is 53.7 Å². The predicted octanol–water partition coefficient (Wildman–Crippen LogP) is 3.86. The van der Waals surface area contributed by atoms with Crippen LogP contribution in [-0.2, 0) is 4.79 Å². The highest BCUT2D eigenvalue weighted by Gasteiger charge is 2.25. The standard InChI is InChI=1S/C18H16N2OS2/c21-17-12-23-18(19-17)20-8-9-22-11-15(20)10-14-6-3-5-13-4-1-2-7-16(13)14/h1-7,10H,8-9,11-12H2/b15-10+. The average molecular weight is 340 g/mol. The first-order valence-electron chi connectivity index (χ1n) is 7.59. The number of nitrogens with zero attached hydrogens (tertiary/aromatic N) is 2. The third-order valence-electron chi connectivity index (χ3n) is 3.98. The molecule has 1 fully saturated rings. The van der Waals surface area contributed by atoms with Crippen LogP contribution in [0.1, 0.15) is 5.56 Å². The van der Waals surface area contributed by atoms with Gasteiger partial charge in [-0.1, -0.05) is 54.2 Å². The molecule has 0 aromatic heterocycles. The van der Waals surface area contributed by atoms with Gasteiger partial charge >= 0.3 is 0 Å². The van der Waals surface area contributed by atoms with E-state index in [9.17, 15) is 4.79 Å². The zero-order valence-corrected chi connectivity index (χ0v) is 14.2. The lowest BCUT2D eigenvalue weighted by Crippen LogP contribution is -2.34. The second-order valence-electron chi connectivity index (χ2n) is 5.49. The molecule has 1 amide bonds. The monoisotopic (exact) mass is 340 g/mol. The molecule has 3 nitrogen and oxygen atoms in total. The van der Waals surface area contributed by atoms with Gasteiger partial charge in [0.15, 0.2) is 5.17 Å². The molecule has 116 valence electrons. The van der Waals surface area contributed by atoms with Crippen molar-refractivity contribution in [3.8, 4) is 0 Å². The van der Waals surface area contributed by atoms with E-state index in [1.165, 1.54) is 22.0 Å². The van der Waals surface area contributed by atoms with Crippen molar-refractivity contribution < 1.29 is 4.79 Å². The van der Waals surface area contributed by atoms with Crippen LogP contribution < -0.4 is 0 Å². The van der Waals surface area contributed by atoms with Crippen LogP contribution in [0.2, 0.25) is 0 Å². The van der Waals surface area contributed by atoms with Crippen LogP contribution >= 0.6 is 23.5 Å². The molecule has 2 aromatic carbocycles. The number of amidine groups is 1. The number of rotatable bonds is 1. The van der Waals surface area contributed by atoms with Gasteiger partial charge in [0, 0.05) is 23.7 Å². The van der Waals surface area contributed by atoms with Crippen LogP contribution in [0.5, 0.6) is 0 Å². The van der Waals surface area contributed by atoms with E-state index in [1.54, 1.807) is 11.8 Å². The lowest BCUT2D eigenvalue weighted by molar-refractivity contribution is -0.115. The molecule has 23 heavy (non-hydrogen) atoms. The van der Waals surface area contributed by atoms with Gasteiger partial charge in [0.05, 0.1) is 5.75 Å². The minimum Gasteiger partial charge on any atom is -0.323 e. The Morgan fingerprint density at radius 3 is 2.83 bits per heavy atom. The van der Waals surface area contributed by atoms with Crippen molar-refractivity contribution in [2.45, 2.75) is 0 Å². The summed E-state index contributed by atoms with van der Waals surface area (Å²) in [6, 6.07) is 14.8. The molecule has 5 heteroatoms. The first-order chi connectivity index (χ1) is 11.3. The molecule has 2 aliphatic heterocycles. The topological polar surface area (TPSA) is 32.7 Å². The van der Waals surface area contributed by atoms with E-state index < -0.39 is 0 Å². The highest BCUT2D eigenvalue weighted by molar-refractivity contribution is 8.14. The normalized spacial score (nSPS) is 20.3. The van der Waals surface area contributed by atoms with E-state index in [-0.39, 0.29) is 5.91 Å². The SMILES string of the molecule is O=C1CSC(N2CCSC/C2=C\c2cccc3ccccc23)=N1. The van der Waals surface area contributed by atoms with Crippen LogP contribution in [0.25, 0.3) is 16.8 Å². The van der Waals surface area contributed by atoms with Gasteiger partial charge in [-0.2, -0.15) is 16.8 Å². The summed E-state index contributed by atoms with van der Waals surface area (Å²) in [6.45, 7) is 0.917. The van der Waals surface area contributed by atoms with Crippen molar-refractivity contribution in [1.82, 2.24) is 4.90 Å². The number of hydrogen-bond donors (Lipinski definition) is 0. The lowest BCUT2D eigenvalue weighted by atomic mass is 10.0. The third-order valence-corrected chi connectivity index (χ3v) is 5.91. The zero-order chi connectivity index (χ0) is 15.6. The molecule has 0 spiro atoms. The first-order valence-corrected chi connectivity index (χ1v) is 9.73. The summed E-state index contributed by atoms with van der Waals surface area (Å²) < 4.78 is 0. The molecular weight excluding hydrogens is 324 g/mol. The van der Waals surface area contributed by atoms with Crippen molar-refractivity contribution >= 4 is 51.4 Å². The molecule has 0 bridgehead atoms. The highest BCUT2D eigenvalue weighted by atomic mass is 32.2. The van der Waals surface area contributed by atoms with Crippen LogP contribution in [-0.4, -0.2) is 39.8 Å². The van der Waals surface area contributed by atoms with Gasteiger partial charge in [0.25, 0.3) is 5.91 Å². The summed E-state index contributed by atoms with van der Waals surface area (Å²) in [4.78, 5) is 17.9. The number of carbonyl (C=O) groups is 1. The summed E-state index contributed by atoms with van der Waals surface area (Å²) in [5, 5.41) is 3.37. The number of aliphatic imine (C=N–C) groups is 1. The number of benzene rings is 2. The van der Waals surface area contributed by atoms with Gasteiger partial charge in [-0.05, 0) is 22.4 Å². The van der Waals surface area contributed by atoms with Gasteiger partial charge in [-0.3, -0.25) is 4.79 Å². The van der Waals surface area contributed by atoms with E-state index in [0.717, 1.165) is 23.2 Å². The summed E-state index contributed by atoms with van der Waals surface area (Å²) in [6.07, 6.45) is 2.25. The van der Waals surface area contributed by atoms with E-state index >= 15 is 0 Å². The van der Waals surface area contributed by atoms with Crippen molar-refractivity contribution in [1.29, 1.82) is 0 Å². The Bertz CT molecular complexity index is 823. The molecule has 0 unspecified atom stereocenters. The summed E-state index contributed by atoms with van der Waals surface area (Å²) >= 11 is 3.48.